The zero-order valence-electron chi connectivity index (χ0n) is 10.3. The third kappa shape index (κ3) is 2.87. The number of nitrogens with one attached hydrogen (secondary N) is 1. The molecule has 0 amide bonds. The zero-order chi connectivity index (χ0) is 11.3. The van der Waals surface area contributed by atoms with Crippen LogP contribution in [0.5, 0.6) is 0 Å². The molecule has 3 N–H and O–H groups in total. The second-order valence-electron chi connectivity index (χ2n) is 4.41. The molecule has 2 rings (SSSR count). The third-order valence-electron chi connectivity index (χ3n) is 3.32. The molecule has 15 heavy (non-hydrogen) atoms. The highest BCUT2D eigenvalue weighted by atomic mass is 32.2. The maximum Gasteiger partial charge on any atom is 0.0227 e. The first-order valence-corrected chi connectivity index (χ1v) is 6.97. The summed E-state index contributed by atoms with van der Waals surface area (Å²) in [6.45, 7) is 9.81. The minimum Gasteiger partial charge on any atom is -0.316 e. The van der Waals surface area contributed by atoms with Crippen LogP contribution in [-0.4, -0.2) is 30.0 Å². The smallest absolute Gasteiger partial charge is 0.0227 e. The van der Waals surface area contributed by atoms with Gasteiger partial charge in [-0.1, -0.05) is 20.8 Å². The van der Waals surface area contributed by atoms with E-state index in [-0.39, 0.29) is 0 Å². The Kier molecular flexibility index (Phi) is 5.39. The second kappa shape index (κ2) is 6.09. The molecule has 0 unspecified atom stereocenters. The Morgan fingerprint density at radius 2 is 2.00 bits per heavy atom. The standard InChI is InChI=1S/C9H19N3S.C2H6/c1-2-3-12(13-10)8-4-9(5-8)6-11-7-9;1-2/h8,11H,2-7,10H2,1H3;1-2H3. The number of hydrogen-bond acceptors (Lipinski definition) is 4. The van der Waals surface area contributed by atoms with Gasteiger partial charge < -0.3 is 5.32 Å². The van der Waals surface area contributed by atoms with Crippen LogP contribution >= 0.6 is 12.1 Å². The lowest BCUT2D eigenvalue weighted by molar-refractivity contribution is -0.00343. The van der Waals surface area contributed by atoms with Crippen molar-refractivity contribution in [1.82, 2.24) is 9.62 Å². The summed E-state index contributed by atoms with van der Waals surface area (Å²) in [5.74, 6) is 0. The highest BCUT2D eigenvalue weighted by Crippen LogP contribution is 2.47. The summed E-state index contributed by atoms with van der Waals surface area (Å²) in [7, 11) is 0. The fourth-order valence-corrected chi connectivity index (χ4v) is 3.06. The van der Waals surface area contributed by atoms with E-state index < -0.39 is 0 Å². The van der Waals surface area contributed by atoms with E-state index in [1.54, 1.807) is 0 Å². The number of hydrogen-bond donors (Lipinski definition) is 2. The summed E-state index contributed by atoms with van der Waals surface area (Å²) in [6, 6.07) is 0.747. The predicted octanol–water partition coefficient (Wildman–Crippen LogP) is 2.00. The molecular formula is C11H25N3S. The van der Waals surface area contributed by atoms with Crippen LogP contribution in [0.25, 0.3) is 0 Å². The van der Waals surface area contributed by atoms with E-state index in [0.29, 0.717) is 5.41 Å². The molecule has 1 heterocycles. The highest BCUT2D eigenvalue weighted by molar-refractivity contribution is 7.94. The third-order valence-corrected chi connectivity index (χ3v) is 4.08. The molecule has 1 saturated heterocycles. The van der Waals surface area contributed by atoms with Crippen molar-refractivity contribution in [2.45, 2.75) is 46.1 Å². The summed E-state index contributed by atoms with van der Waals surface area (Å²) in [6.07, 6.45) is 3.90. The molecule has 4 heteroatoms. The molecule has 0 aromatic carbocycles. The average molecular weight is 231 g/mol. The fraction of sp³-hybridized carbons (Fsp3) is 1.00. The molecule has 1 aliphatic heterocycles. The Morgan fingerprint density at radius 3 is 2.33 bits per heavy atom. The lowest BCUT2D eigenvalue weighted by atomic mass is 9.61. The van der Waals surface area contributed by atoms with Crippen LogP contribution in [0.1, 0.15) is 40.0 Å². The molecule has 2 fully saturated rings. The van der Waals surface area contributed by atoms with Crippen molar-refractivity contribution in [1.29, 1.82) is 0 Å². The summed E-state index contributed by atoms with van der Waals surface area (Å²) < 4.78 is 2.35. The lowest BCUT2D eigenvalue weighted by Gasteiger charge is -2.56. The molecule has 0 radical (unpaired) electrons. The summed E-state index contributed by atoms with van der Waals surface area (Å²) in [5.41, 5.74) is 0.673. The molecule has 0 aromatic heterocycles. The van der Waals surface area contributed by atoms with Gasteiger partial charge in [-0.25, -0.2) is 4.31 Å². The highest BCUT2D eigenvalue weighted by Gasteiger charge is 2.50. The summed E-state index contributed by atoms with van der Waals surface area (Å²) in [4.78, 5) is 0. The van der Waals surface area contributed by atoms with Gasteiger partial charge in [0.05, 0.1) is 0 Å². The molecule has 0 atom stereocenters. The Labute approximate surface area is 98.4 Å². The first-order valence-electron chi connectivity index (χ1n) is 6.14. The van der Waals surface area contributed by atoms with Crippen LogP contribution < -0.4 is 10.5 Å². The van der Waals surface area contributed by atoms with Crippen LogP contribution in [0, 0.1) is 5.41 Å². The Balaban J connectivity index is 0.000000531. The quantitative estimate of drug-likeness (QED) is 0.726. The minimum absolute atomic E-state index is 0.673. The number of nitrogens with two attached hydrogens (primary N) is 1. The minimum atomic E-state index is 0.673. The van der Waals surface area contributed by atoms with Gasteiger partial charge in [-0.15, -0.1) is 0 Å². The van der Waals surface area contributed by atoms with Crippen LogP contribution in [0.4, 0.5) is 0 Å². The van der Waals surface area contributed by atoms with Gasteiger partial charge in [0.15, 0.2) is 0 Å². The van der Waals surface area contributed by atoms with Crippen molar-refractivity contribution in [3.05, 3.63) is 0 Å². The van der Waals surface area contributed by atoms with Gasteiger partial charge in [-0.05, 0) is 24.7 Å². The molecule has 1 spiro atoms. The van der Waals surface area contributed by atoms with Gasteiger partial charge in [0.1, 0.15) is 0 Å². The van der Waals surface area contributed by atoms with Crippen LogP contribution in [0.15, 0.2) is 0 Å². The Morgan fingerprint density at radius 1 is 1.40 bits per heavy atom. The van der Waals surface area contributed by atoms with E-state index in [2.05, 4.69) is 16.5 Å². The second-order valence-corrected chi connectivity index (χ2v) is 5.09. The van der Waals surface area contributed by atoms with Crippen LogP contribution in [0.3, 0.4) is 0 Å². The summed E-state index contributed by atoms with van der Waals surface area (Å²) in [5, 5.41) is 9.00. The van der Waals surface area contributed by atoms with E-state index in [1.807, 2.05) is 13.8 Å². The first kappa shape index (κ1) is 13.3. The van der Waals surface area contributed by atoms with Gasteiger partial charge in [-0.2, -0.15) is 0 Å². The van der Waals surface area contributed by atoms with Gasteiger partial charge >= 0.3 is 0 Å². The van der Waals surface area contributed by atoms with E-state index in [0.717, 1.165) is 12.6 Å². The monoisotopic (exact) mass is 231 g/mol. The van der Waals surface area contributed by atoms with Crippen LogP contribution in [0.2, 0.25) is 0 Å². The van der Waals surface area contributed by atoms with E-state index in [1.165, 1.54) is 44.5 Å². The number of rotatable bonds is 4. The molecule has 1 aliphatic carbocycles. The SMILES string of the molecule is CC.CCCN(SN)C1CC2(CNC2)C1. The van der Waals surface area contributed by atoms with Gasteiger partial charge in [0.25, 0.3) is 0 Å². The van der Waals surface area contributed by atoms with E-state index >= 15 is 0 Å². The average Bonchev–Trinajstić information content (AvgIpc) is 2.15. The molecule has 3 nitrogen and oxygen atoms in total. The maximum atomic E-state index is 5.64. The van der Waals surface area contributed by atoms with Crippen molar-refractivity contribution in [2.24, 2.45) is 10.6 Å². The van der Waals surface area contributed by atoms with Crippen molar-refractivity contribution < 1.29 is 0 Å². The zero-order valence-corrected chi connectivity index (χ0v) is 11.1. The van der Waals surface area contributed by atoms with Crippen molar-refractivity contribution in [3.63, 3.8) is 0 Å². The van der Waals surface area contributed by atoms with E-state index in [9.17, 15) is 0 Å². The largest absolute Gasteiger partial charge is 0.316 e. The first-order chi connectivity index (χ1) is 7.29. The topological polar surface area (TPSA) is 41.3 Å². The van der Waals surface area contributed by atoms with Crippen molar-refractivity contribution >= 4 is 12.1 Å². The molecule has 0 bridgehead atoms. The summed E-state index contributed by atoms with van der Waals surface area (Å²) >= 11 is 1.43. The molecule has 90 valence electrons. The number of nitrogens with zero attached hydrogens (tertiary/aromatic N) is 1. The van der Waals surface area contributed by atoms with Gasteiger partial charge in [0.2, 0.25) is 0 Å². The van der Waals surface area contributed by atoms with Crippen molar-refractivity contribution in [2.75, 3.05) is 19.6 Å². The molecule has 2 aliphatic rings. The van der Waals surface area contributed by atoms with E-state index in [4.69, 9.17) is 5.14 Å². The van der Waals surface area contributed by atoms with Crippen LogP contribution in [-0.2, 0) is 0 Å². The van der Waals surface area contributed by atoms with Gasteiger partial charge in [0, 0.05) is 37.8 Å². The lowest BCUT2D eigenvalue weighted by Crippen LogP contribution is -2.64. The maximum absolute atomic E-state index is 5.64. The Bertz CT molecular complexity index is 175. The Hall–Kier alpha value is 0.230. The van der Waals surface area contributed by atoms with Gasteiger partial charge in [-0.3, -0.25) is 5.14 Å². The molecular weight excluding hydrogens is 206 g/mol. The predicted molar refractivity (Wildman–Crippen MR) is 68.4 cm³/mol. The van der Waals surface area contributed by atoms with Crippen molar-refractivity contribution in [3.8, 4) is 0 Å². The normalized spacial score (nSPS) is 23.0. The molecule has 0 aromatic rings. The molecule has 1 saturated carbocycles. The fourth-order valence-electron chi connectivity index (χ4n) is 2.45.